The van der Waals surface area contributed by atoms with Crippen molar-refractivity contribution in [2.45, 2.75) is 0 Å². The molecule has 2 aromatic rings. The molecule has 0 atom stereocenters. The summed E-state index contributed by atoms with van der Waals surface area (Å²) < 4.78 is 6.11. The van der Waals surface area contributed by atoms with E-state index in [1.807, 2.05) is 11.4 Å². The van der Waals surface area contributed by atoms with Crippen molar-refractivity contribution in [1.82, 2.24) is 4.98 Å². The summed E-state index contributed by atoms with van der Waals surface area (Å²) in [5.41, 5.74) is 0. The third-order valence-electron chi connectivity index (χ3n) is 1.92. The summed E-state index contributed by atoms with van der Waals surface area (Å²) >= 11 is 10.4. The molecule has 0 bridgehead atoms. The Balaban J connectivity index is 1.99. The van der Waals surface area contributed by atoms with E-state index in [1.54, 1.807) is 6.07 Å². The van der Waals surface area contributed by atoms with Crippen molar-refractivity contribution in [3.05, 3.63) is 44.3 Å². The zero-order chi connectivity index (χ0) is 12.3. The van der Waals surface area contributed by atoms with Gasteiger partial charge in [0.1, 0.15) is 5.75 Å². The van der Waals surface area contributed by atoms with E-state index in [2.05, 4.69) is 20.9 Å². The van der Waals surface area contributed by atoms with Gasteiger partial charge in [-0.25, -0.2) is 0 Å². The number of rotatable bonds is 4. The van der Waals surface area contributed by atoms with E-state index in [-0.39, 0.29) is 12.4 Å². The summed E-state index contributed by atoms with van der Waals surface area (Å²) in [5, 5.41) is 2.32. The van der Waals surface area contributed by atoms with E-state index in [1.165, 1.54) is 23.7 Å². The minimum atomic E-state index is -0.0770. The molecule has 3 nitrogen and oxygen atoms in total. The standard InChI is InChI=1S/C11H7BrClNO2S/c12-9-1-2-17-11(9)10(15)6-16-8-3-7(13)4-14-5-8/h1-5H,6H2. The zero-order valence-electron chi connectivity index (χ0n) is 8.52. The molecule has 6 heteroatoms. The molecule has 0 N–H and O–H groups in total. The Morgan fingerprint density at radius 2 is 2.35 bits per heavy atom. The SMILES string of the molecule is O=C(COc1cncc(Cl)c1)c1sccc1Br. The molecule has 0 spiro atoms. The van der Waals surface area contributed by atoms with Crippen LogP contribution in [0.5, 0.6) is 5.75 Å². The van der Waals surface area contributed by atoms with Crippen LogP contribution < -0.4 is 4.74 Å². The Labute approximate surface area is 116 Å². The number of carbonyl (C=O) groups excluding carboxylic acids is 1. The lowest BCUT2D eigenvalue weighted by Crippen LogP contribution is -2.10. The molecule has 2 aromatic heterocycles. The fourth-order valence-electron chi connectivity index (χ4n) is 1.18. The first-order valence-electron chi connectivity index (χ1n) is 4.66. The quantitative estimate of drug-likeness (QED) is 0.799. The molecule has 2 rings (SSSR count). The van der Waals surface area contributed by atoms with Crippen LogP contribution in [0.2, 0.25) is 5.02 Å². The molecule has 2 heterocycles. The normalized spacial score (nSPS) is 10.2. The molecule has 0 aliphatic heterocycles. The second-order valence-corrected chi connectivity index (χ2v) is 5.36. The average molecular weight is 333 g/mol. The second kappa shape index (κ2) is 5.62. The van der Waals surface area contributed by atoms with Gasteiger partial charge < -0.3 is 4.74 Å². The number of Topliss-reactive ketones (excluding diaryl/α,β-unsaturated/α-hetero) is 1. The Hall–Kier alpha value is -0.910. The predicted octanol–water partition coefficient (Wildman–Crippen LogP) is 3.82. The number of thiophene rings is 1. The summed E-state index contributed by atoms with van der Waals surface area (Å²) in [5.74, 6) is 0.408. The molecule has 0 saturated heterocycles. The van der Waals surface area contributed by atoms with Gasteiger partial charge in [0.15, 0.2) is 6.61 Å². The molecule has 0 saturated carbocycles. The highest BCUT2D eigenvalue weighted by Crippen LogP contribution is 2.23. The lowest BCUT2D eigenvalue weighted by molar-refractivity contribution is 0.0924. The number of nitrogens with zero attached hydrogens (tertiary/aromatic N) is 1. The topological polar surface area (TPSA) is 39.2 Å². The number of ketones is 1. The number of hydrogen-bond acceptors (Lipinski definition) is 4. The van der Waals surface area contributed by atoms with E-state index >= 15 is 0 Å². The minimum absolute atomic E-state index is 0.0267. The number of halogens is 2. The number of carbonyl (C=O) groups is 1. The van der Waals surface area contributed by atoms with Gasteiger partial charge in [0, 0.05) is 16.7 Å². The van der Waals surface area contributed by atoms with E-state index in [9.17, 15) is 4.79 Å². The van der Waals surface area contributed by atoms with E-state index in [4.69, 9.17) is 16.3 Å². The molecule has 0 aliphatic carbocycles. The Bertz CT molecular complexity index is 544. The summed E-state index contributed by atoms with van der Waals surface area (Å²) in [6, 6.07) is 3.45. The molecule has 88 valence electrons. The second-order valence-electron chi connectivity index (χ2n) is 3.15. The fourth-order valence-corrected chi connectivity index (χ4v) is 2.86. The van der Waals surface area contributed by atoms with Crippen LogP contribution in [0.3, 0.4) is 0 Å². The number of pyridine rings is 1. The summed E-state index contributed by atoms with van der Waals surface area (Å²) in [7, 11) is 0. The van der Waals surface area contributed by atoms with Crippen LogP contribution in [0, 0.1) is 0 Å². The molecule has 0 amide bonds. The monoisotopic (exact) mass is 331 g/mol. The largest absolute Gasteiger partial charge is 0.484 e. The molecule has 0 unspecified atom stereocenters. The van der Waals surface area contributed by atoms with Crippen molar-refractivity contribution in [1.29, 1.82) is 0 Å². The first-order chi connectivity index (χ1) is 8.16. The Morgan fingerprint density at radius 3 is 3.00 bits per heavy atom. The highest BCUT2D eigenvalue weighted by atomic mass is 79.9. The molecule has 0 fully saturated rings. The Morgan fingerprint density at radius 1 is 1.53 bits per heavy atom. The van der Waals surface area contributed by atoms with Gasteiger partial charge in [-0.1, -0.05) is 11.6 Å². The number of ether oxygens (including phenoxy) is 1. The highest BCUT2D eigenvalue weighted by molar-refractivity contribution is 9.10. The van der Waals surface area contributed by atoms with Crippen molar-refractivity contribution in [3.8, 4) is 5.75 Å². The minimum Gasteiger partial charge on any atom is -0.484 e. The van der Waals surface area contributed by atoms with Gasteiger partial charge in [0.25, 0.3) is 0 Å². The van der Waals surface area contributed by atoms with Crippen LogP contribution >= 0.6 is 38.9 Å². The molecular weight excluding hydrogens is 326 g/mol. The van der Waals surface area contributed by atoms with Gasteiger partial charge in [-0.2, -0.15) is 0 Å². The van der Waals surface area contributed by atoms with Gasteiger partial charge in [0.05, 0.1) is 16.1 Å². The molecule has 0 aliphatic rings. The van der Waals surface area contributed by atoms with Gasteiger partial charge in [-0.05, 0) is 27.4 Å². The first-order valence-corrected chi connectivity index (χ1v) is 6.71. The van der Waals surface area contributed by atoms with Crippen molar-refractivity contribution in [3.63, 3.8) is 0 Å². The highest BCUT2D eigenvalue weighted by Gasteiger charge is 2.12. The van der Waals surface area contributed by atoms with E-state index in [0.717, 1.165) is 4.47 Å². The lowest BCUT2D eigenvalue weighted by Gasteiger charge is -2.04. The number of aromatic nitrogens is 1. The maximum atomic E-state index is 11.8. The van der Waals surface area contributed by atoms with Crippen LogP contribution in [0.25, 0.3) is 0 Å². The predicted molar refractivity (Wildman–Crippen MR) is 71.1 cm³/mol. The first kappa shape index (κ1) is 12.5. The van der Waals surface area contributed by atoms with Gasteiger partial charge >= 0.3 is 0 Å². The van der Waals surface area contributed by atoms with Crippen molar-refractivity contribution in [2.75, 3.05) is 6.61 Å². The van der Waals surface area contributed by atoms with Crippen LogP contribution in [0.15, 0.2) is 34.4 Å². The molecule has 0 radical (unpaired) electrons. The maximum absolute atomic E-state index is 11.8. The summed E-state index contributed by atoms with van der Waals surface area (Å²) in [6.45, 7) is -0.0267. The van der Waals surface area contributed by atoms with E-state index in [0.29, 0.717) is 15.6 Å². The average Bonchev–Trinajstić information content (AvgIpc) is 2.72. The van der Waals surface area contributed by atoms with Crippen LogP contribution in [0.1, 0.15) is 9.67 Å². The van der Waals surface area contributed by atoms with E-state index < -0.39 is 0 Å². The zero-order valence-corrected chi connectivity index (χ0v) is 11.7. The van der Waals surface area contributed by atoms with Gasteiger partial charge in [-0.15, -0.1) is 11.3 Å². The van der Waals surface area contributed by atoms with Crippen LogP contribution in [-0.2, 0) is 0 Å². The van der Waals surface area contributed by atoms with Crippen LogP contribution in [0.4, 0.5) is 0 Å². The molecule has 0 aromatic carbocycles. The maximum Gasteiger partial charge on any atom is 0.211 e. The third-order valence-corrected chi connectivity index (χ3v) is 4.01. The van der Waals surface area contributed by atoms with Crippen LogP contribution in [-0.4, -0.2) is 17.4 Å². The number of hydrogen-bond donors (Lipinski definition) is 0. The van der Waals surface area contributed by atoms with Gasteiger partial charge in [-0.3, -0.25) is 9.78 Å². The van der Waals surface area contributed by atoms with Crippen molar-refractivity contribution in [2.24, 2.45) is 0 Å². The third kappa shape index (κ3) is 3.28. The fraction of sp³-hybridized carbons (Fsp3) is 0.0909. The molecule has 17 heavy (non-hydrogen) atoms. The van der Waals surface area contributed by atoms with Gasteiger partial charge in [0.2, 0.25) is 5.78 Å². The lowest BCUT2D eigenvalue weighted by atomic mass is 10.3. The summed E-state index contributed by atoms with van der Waals surface area (Å²) in [4.78, 5) is 16.3. The Kier molecular flexibility index (Phi) is 4.15. The van der Waals surface area contributed by atoms with Crippen molar-refractivity contribution < 1.29 is 9.53 Å². The van der Waals surface area contributed by atoms with Crippen molar-refractivity contribution >= 4 is 44.7 Å². The molecular formula is C11H7BrClNO2S. The summed E-state index contributed by atoms with van der Waals surface area (Å²) in [6.07, 6.45) is 3.02. The smallest absolute Gasteiger partial charge is 0.211 e.